The van der Waals surface area contributed by atoms with Gasteiger partial charge in [-0.15, -0.1) is 0 Å². The molecule has 0 fully saturated rings. The van der Waals surface area contributed by atoms with Gasteiger partial charge in [-0.05, 0) is 29.9 Å². The lowest BCUT2D eigenvalue weighted by molar-refractivity contribution is 0.403. The van der Waals surface area contributed by atoms with E-state index < -0.39 is 0 Å². The summed E-state index contributed by atoms with van der Waals surface area (Å²) in [5.41, 5.74) is 2.73. The molecule has 1 heterocycles. The van der Waals surface area contributed by atoms with Crippen molar-refractivity contribution in [2.75, 3.05) is 0 Å². The Bertz CT molecular complexity index is 832. The van der Waals surface area contributed by atoms with Crippen molar-refractivity contribution >= 4 is 0 Å². The Balaban J connectivity index is 2.17. The van der Waals surface area contributed by atoms with Gasteiger partial charge in [-0.1, -0.05) is 51.5 Å². The van der Waals surface area contributed by atoms with Crippen LogP contribution in [0.25, 0.3) is 0 Å². The van der Waals surface area contributed by atoms with Gasteiger partial charge in [-0.3, -0.25) is 13.9 Å². The minimum atomic E-state index is -0.296. The van der Waals surface area contributed by atoms with E-state index in [4.69, 9.17) is 0 Å². The maximum atomic E-state index is 12.1. The summed E-state index contributed by atoms with van der Waals surface area (Å²) >= 11 is 0. The molecule has 0 aliphatic heterocycles. The summed E-state index contributed by atoms with van der Waals surface area (Å²) in [6, 6.07) is 10.5. The molecule has 0 amide bonds. The van der Waals surface area contributed by atoms with Gasteiger partial charge in [-0.2, -0.15) is 0 Å². The van der Waals surface area contributed by atoms with Gasteiger partial charge in [0.05, 0.1) is 0 Å². The van der Waals surface area contributed by atoms with Gasteiger partial charge in [-0.25, -0.2) is 4.79 Å². The van der Waals surface area contributed by atoms with E-state index in [1.807, 2.05) is 0 Å². The molecule has 1 aromatic carbocycles. The van der Waals surface area contributed by atoms with Crippen molar-refractivity contribution in [3.63, 3.8) is 0 Å². The first-order valence-corrected chi connectivity index (χ1v) is 9.43. The monoisotopic (exact) mass is 357 g/mol. The summed E-state index contributed by atoms with van der Waals surface area (Å²) in [6.07, 6.45) is 3.53. The molecule has 0 saturated heterocycles. The van der Waals surface area contributed by atoms with E-state index >= 15 is 0 Å². The molecule has 0 spiro atoms. The van der Waals surface area contributed by atoms with Crippen LogP contribution in [0.4, 0.5) is 0 Å². The number of nitrogens with zero attached hydrogens (tertiary/aromatic N) is 2. The number of aryl methyl sites for hydroxylation is 1. The predicted molar refractivity (Wildman–Crippen MR) is 106 cm³/mol. The maximum Gasteiger partial charge on any atom is 0.330 e. The summed E-state index contributed by atoms with van der Waals surface area (Å²) < 4.78 is 2.65. The van der Waals surface area contributed by atoms with Crippen LogP contribution in [0.1, 0.15) is 56.5 Å². The van der Waals surface area contributed by atoms with Crippen molar-refractivity contribution in [1.29, 1.82) is 0 Å². The van der Waals surface area contributed by atoms with Crippen LogP contribution in [0.15, 0.2) is 39.9 Å². The molecule has 26 heavy (non-hydrogen) atoms. The van der Waals surface area contributed by atoms with Crippen molar-refractivity contribution in [1.82, 2.24) is 14.5 Å². The second-order valence-electron chi connectivity index (χ2n) is 7.32. The Kier molecular flexibility index (Phi) is 6.98. The highest BCUT2D eigenvalue weighted by atomic mass is 16.2. The number of benzene rings is 1. The molecular weight excluding hydrogens is 326 g/mol. The summed E-state index contributed by atoms with van der Waals surface area (Å²) in [4.78, 5) is 24.0. The third-order valence-corrected chi connectivity index (χ3v) is 4.95. The Morgan fingerprint density at radius 1 is 1.04 bits per heavy atom. The molecule has 1 N–H and O–H groups in total. The summed E-state index contributed by atoms with van der Waals surface area (Å²) in [7, 11) is 3.20. The van der Waals surface area contributed by atoms with E-state index in [-0.39, 0.29) is 17.3 Å². The molecule has 2 aromatic rings. The third kappa shape index (κ3) is 4.73. The van der Waals surface area contributed by atoms with Crippen LogP contribution in [0.2, 0.25) is 0 Å². The lowest BCUT2D eigenvalue weighted by Gasteiger charge is -2.24. The number of unbranched alkanes of at least 4 members (excludes halogenated alkanes) is 1. The fraction of sp³-hybridized carbons (Fsp3) is 0.524. The van der Waals surface area contributed by atoms with Gasteiger partial charge in [0.15, 0.2) is 0 Å². The number of hydrogen-bond donors (Lipinski definition) is 1. The molecule has 142 valence electrons. The highest BCUT2D eigenvalue weighted by Gasteiger charge is 2.16. The zero-order valence-corrected chi connectivity index (χ0v) is 16.6. The Labute approximate surface area is 155 Å². The second-order valence-corrected chi connectivity index (χ2v) is 7.32. The van der Waals surface area contributed by atoms with E-state index in [9.17, 15) is 9.59 Å². The standard InChI is InChI=1S/C21H31N3O2/c1-6-7-8-16-9-11-17(12-10-16)20(15(2)3)22-14-18-13-19(25)24(5)21(26)23(18)4/h9-13,15,20,22H,6-8,14H2,1-5H3. The average Bonchev–Trinajstić information content (AvgIpc) is 2.63. The largest absolute Gasteiger partial charge is 0.330 e. The lowest BCUT2D eigenvalue weighted by atomic mass is 9.94. The number of nitrogens with one attached hydrogen (secondary N) is 1. The van der Waals surface area contributed by atoms with Crippen molar-refractivity contribution in [3.05, 3.63) is 68.0 Å². The molecule has 1 atom stereocenters. The molecule has 0 aliphatic rings. The average molecular weight is 357 g/mol. The number of rotatable bonds is 8. The number of aromatic nitrogens is 2. The highest BCUT2D eigenvalue weighted by Crippen LogP contribution is 2.23. The first-order valence-electron chi connectivity index (χ1n) is 9.43. The zero-order valence-electron chi connectivity index (χ0n) is 16.6. The van der Waals surface area contributed by atoms with E-state index in [1.165, 1.54) is 41.6 Å². The molecule has 5 heteroatoms. The first-order chi connectivity index (χ1) is 12.3. The third-order valence-electron chi connectivity index (χ3n) is 4.95. The molecular formula is C21H31N3O2. The molecule has 0 radical (unpaired) electrons. The molecule has 5 nitrogen and oxygen atoms in total. The summed E-state index contributed by atoms with van der Waals surface area (Å²) in [5, 5.41) is 3.52. The first kappa shape index (κ1) is 20.2. The summed E-state index contributed by atoms with van der Waals surface area (Å²) in [5.74, 6) is 0.389. The van der Waals surface area contributed by atoms with Gasteiger partial charge >= 0.3 is 5.69 Å². The quantitative estimate of drug-likeness (QED) is 0.790. The van der Waals surface area contributed by atoms with Gasteiger partial charge in [0.2, 0.25) is 0 Å². The zero-order chi connectivity index (χ0) is 19.3. The van der Waals surface area contributed by atoms with Crippen LogP contribution >= 0.6 is 0 Å². The van der Waals surface area contributed by atoms with Crippen LogP contribution in [-0.2, 0) is 27.1 Å². The van der Waals surface area contributed by atoms with Gasteiger partial charge in [0.1, 0.15) is 0 Å². The van der Waals surface area contributed by atoms with E-state index in [0.29, 0.717) is 18.2 Å². The molecule has 1 unspecified atom stereocenters. The predicted octanol–water partition coefficient (Wildman–Crippen LogP) is 2.91. The molecule has 2 rings (SSSR count). The fourth-order valence-corrected chi connectivity index (χ4v) is 3.17. The Morgan fingerprint density at radius 3 is 2.27 bits per heavy atom. The SMILES string of the molecule is CCCCc1ccc(C(NCc2cc(=O)n(C)c(=O)n2C)C(C)C)cc1. The highest BCUT2D eigenvalue weighted by molar-refractivity contribution is 5.25. The van der Waals surface area contributed by atoms with Crippen LogP contribution < -0.4 is 16.6 Å². The van der Waals surface area contributed by atoms with E-state index in [0.717, 1.165) is 11.0 Å². The Hall–Kier alpha value is -2.14. The maximum absolute atomic E-state index is 12.1. The van der Waals surface area contributed by atoms with Crippen LogP contribution in [0.3, 0.4) is 0 Å². The molecule has 1 aromatic heterocycles. The van der Waals surface area contributed by atoms with Gasteiger partial charge in [0, 0.05) is 38.4 Å². The van der Waals surface area contributed by atoms with Crippen molar-refractivity contribution in [2.24, 2.45) is 20.0 Å². The summed E-state index contributed by atoms with van der Waals surface area (Å²) in [6.45, 7) is 7.02. The topological polar surface area (TPSA) is 56.0 Å². The fourth-order valence-electron chi connectivity index (χ4n) is 3.17. The minimum Gasteiger partial charge on any atom is -0.304 e. The normalized spacial score (nSPS) is 12.5. The van der Waals surface area contributed by atoms with Crippen LogP contribution in [0.5, 0.6) is 0 Å². The molecule has 0 bridgehead atoms. The molecule has 0 aliphatic carbocycles. The van der Waals surface area contributed by atoms with E-state index in [2.05, 4.69) is 50.4 Å². The van der Waals surface area contributed by atoms with Gasteiger partial charge in [0.25, 0.3) is 5.56 Å². The van der Waals surface area contributed by atoms with Gasteiger partial charge < -0.3 is 5.32 Å². The smallest absolute Gasteiger partial charge is 0.304 e. The van der Waals surface area contributed by atoms with Crippen LogP contribution in [-0.4, -0.2) is 9.13 Å². The van der Waals surface area contributed by atoms with Crippen molar-refractivity contribution in [2.45, 2.75) is 52.6 Å². The number of hydrogen-bond acceptors (Lipinski definition) is 3. The second kappa shape index (κ2) is 8.99. The van der Waals surface area contributed by atoms with E-state index in [1.54, 1.807) is 7.05 Å². The Morgan fingerprint density at radius 2 is 1.69 bits per heavy atom. The minimum absolute atomic E-state index is 0.161. The van der Waals surface area contributed by atoms with Crippen LogP contribution in [0, 0.1) is 5.92 Å². The molecule has 0 saturated carbocycles. The lowest BCUT2D eigenvalue weighted by Crippen LogP contribution is -2.39. The van der Waals surface area contributed by atoms with Crippen molar-refractivity contribution in [3.8, 4) is 0 Å². The van der Waals surface area contributed by atoms with Crippen molar-refractivity contribution < 1.29 is 0 Å².